The number of thioether (sulfide) groups is 1. The van der Waals surface area contributed by atoms with E-state index in [1.165, 1.54) is 38.5 Å². The van der Waals surface area contributed by atoms with Crippen molar-refractivity contribution in [3.05, 3.63) is 5.82 Å². The standard InChI is InChI=1S/C15H26N4OS/c1-2-9-19-13(10-16)17-18-14(19)21-11-12-5-8-15(20-12)6-3-4-7-15/h12H,2-11,16H2,1H3. The molecule has 1 unspecified atom stereocenters. The highest BCUT2D eigenvalue weighted by molar-refractivity contribution is 7.99. The average Bonchev–Trinajstić information content (AvgIpc) is 3.20. The molecular formula is C15H26N4OS. The van der Waals surface area contributed by atoms with Crippen LogP contribution in [0.5, 0.6) is 0 Å². The molecule has 0 radical (unpaired) electrons. The first-order valence-electron chi connectivity index (χ1n) is 8.19. The van der Waals surface area contributed by atoms with E-state index in [4.69, 9.17) is 10.5 Å². The highest BCUT2D eigenvalue weighted by Crippen LogP contribution is 2.44. The van der Waals surface area contributed by atoms with Crippen LogP contribution in [0, 0.1) is 0 Å². The van der Waals surface area contributed by atoms with Gasteiger partial charge in [-0.15, -0.1) is 10.2 Å². The molecule has 1 spiro atoms. The van der Waals surface area contributed by atoms with Crippen molar-refractivity contribution in [3.8, 4) is 0 Å². The highest BCUT2D eigenvalue weighted by Gasteiger charge is 2.42. The molecule has 1 aromatic rings. The molecule has 118 valence electrons. The van der Waals surface area contributed by atoms with E-state index < -0.39 is 0 Å². The van der Waals surface area contributed by atoms with E-state index >= 15 is 0 Å². The smallest absolute Gasteiger partial charge is 0.191 e. The van der Waals surface area contributed by atoms with Gasteiger partial charge in [-0.1, -0.05) is 31.5 Å². The molecule has 2 heterocycles. The molecule has 2 fully saturated rings. The zero-order valence-electron chi connectivity index (χ0n) is 12.9. The van der Waals surface area contributed by atoms with Gasteiger partial charge in [-0.05, 0) is 32.1 Å². The van der Waals surface area contributed by atoms with Crippen molar-refractivity contribution in [2.45, 2.75) is 81.8 Å². The van der Waals surface area contributed by atoms with Crippen LogP contribution in [0.2, 0.25) is 0 Å². The van der Waals surface area contributed by atoms with Crippen molar-refractivity contribution in [2.75, 3.05) is 5.75 Å². The van der Waals surface area contributed by atoms with Gasteiger partial charge in [-0.2, -0.15) is 0 Å². The maximum atomic E-state index is 6.36. The molecular weight excluding hydrogens is 284 g/mol. The number of nitrogens with zero attached hydrogens (tertiary/aromatic N) is 3. The summed E-state index contributed by atoms with van der Waals surface area (Å²) < 4.78 is 8.52. The summed E-state index contributed by atoms with van der Waals surface area (Å²) in [6.07, 6.45) is 9.08. The zero-order valence-corrected chi connectivity index (χ0v) is 13.7. The van der Waals surface area contributed by atoms with Gasteiger partial charge in [-0.3, -0.25) is 0 Å². The third-order valence-electron chi connectivity index (χ3n) is 4.67. The number of ether oxygens (including phenoxy) is 1. The Hall–Kier alpha value is -0.590. The summed E-state index contributed by atoms with van der Waals surface area (Å²) in [5.74, 6) is 1.87. The van der Waals surface area contributed by atoms with E-state index in [1.54, 1.807) is 11.8 Å². The van der Waals surface area contributed by atoms with E-state index in [1.807, 2.05) is 0 Å². The van der Waals surface area contributed by atoms with Crippen molar-refractivity contribution in [2.24, 2.45) is 5.73 Å². The number of aromatic nitrogens is 3. The van der Waals surface area contributed by atoms with Crippen LogP contribution >= 0.6 is 11.8 Å². The summed E-state index contributed by atoms with van der Waals surface area (Å²) in [6.45, 7) is 3.56. The van der Waals surface area contributed by atoms with Crippen LogP contribution < -0.4 is 5.73 Å². The predicted molar refractivity (Wildman–Crippen MR) is 84.2 cm³/mol. The summed E-state index contributed by atoms with van der Waals surface area (Å²) in [6, 6.07) is 0. The van der Waals surface area contributed by atoms with Crippen LogP contribution in [-0.2, 0) is 17.8 Å². The molecule has 5 nitrogen and oxygen atoms in total. The first-order valence-corrected chi connectivity index (χ1v) is 9.17. The number of hydrogen-bond acceptors (Lipinski definition) is 5. The number of nitrogens with two attached hydrogens (primary N) is 1. The molecule has 2 N–H and O–H groups in total. The molecule has 2 aliphatic rings. The minimum Gasteiger partial charge on any atom is -0.371 e. The van der Waals surface area contributed by atoms with Crippen LogP contribution in [-0.4, -0.2) is 32.2 Å². The maximum absolute atomic E-state index is 6.36. The fourth-order valence-electron chi connectivity index (χ4n) is 3.59. The fourth-order valence-corrected chi connectivity index (χ4v) is 4.61. The van der Waals surface area contributed by atoms with Crippen LogP contribution in [0.4, 0.5) is 0 Å². The third-order valence-corrected chi connectivity index (χ3v) is 5.77. The Labute approximate surface area is 131 Å². The molecule has 1 atom stereocenters. The molecule has 1 saturated heterocycles. The van der Waals surface area contributed by atoms with E-state index in [0.717, 1.165) is 29.7 Å². The first-order chi connectivity index (χ1) is 10.3. The largest absolute Gasteiger partial charge is 0.371 e. The van der Waals surface area contributed by atoms with Gasteiger partial charge < -0.3 is 15.0 Å². The minimum absolute atomic E-state index is 0.227. The molecule has 0 bridgehead atoms. The van der Waals surface area contributed by atoms with Crippen LogP contribution in [0.25, 0.3) is 0 Å². The zero-order chi connectivity index (χ0) is 14.7. The number of rotatable bonds is 6. The van der Waals surface area contributed by atoms with Gasteiger partial charge >= 0.3 is 0 Å². The average molecular weight is 310 g/mol. The van der Waals surface area contributed by atoms with Gasteiger partial charge in [0.25, 0.3) is 0 Å². The lowest BCUT2D eigenvalue weighted by Crippen LogP contribution is -2.25. The van der Waals surface area contributed by atoms with Gasteiger partial charge in [0.05, 0.1) is 18.2 Å². The minimum atomic E-state index is 0.227. The van der Waals surface area contributed by atoms with Crippen LogP contribution in [0.15, 0.2) is 5.16 Å². The molecule has 0 amide bonds. The summed E-state index contributed by atoms with van der Waals surface area (Å²) in [5.41, 5.74) is 5.96. The molecule has 1 aromatic heterocycles. The maximum Gasteiger partial charge on any atom is 0.191 e. The lowest BCUT2D eigenvalue weighted by atomic mass is 9.98. The third kappa shape index (κ3) is 3.27. The quantitative estimate of drug-likeness (QED) is 0.818. The Morgan fingerprint density at radius 2 is 2.14 bits per heavy atom. The Balaban J connectivity index is 1.57. The van der Waals surface area contributed by atoms with Gasteiger partial charge in [-0.25, -0.2) is 0 Å². The molecule has 0 aromatic carbocycles. The second-order valence-electron chi connectivity index (χ2n) is 6.23. The monoisotopic (exact) mass is 310 g/mol. The first kappa shape index (κ1) is 15.3. The molecule has 1 aliphatic carbocycles. The van der Waals surface area contributed by atoms with Crippen molar-refractivity contribution in [3.63, 3.8) is 0 Å². The highest BCUT2D eigenvalue weighted by atomic mass is 32.2. The molecule has 6 heteroatoms. The Kier molecular flexibility index (Phi) is 4.86. The lowest BCUT2D eigenvalue weighted by molar-refractivity contribution is -0.0267. The molecule has 1 aliphatic heterocycles. The predicted octanol–water partition coefficient (Wildman–Crippen LogP) is 2.73. The summed E-state index contributed by atoms with van der Waals surface area (Å²) in [5, 5.41) is 9.49. The molecule has 3 rings (SSSR count). The lowest BCUT2D eigenvalue weighted by Gasteiger charge is -2.23. The topological polar surface area (TPSA) is 66.0 Å². The number of hydrogen-bond donors (Lipinski definition) is 1. The van der Waals surface area contributed by atoms with Gasteiger partial charge in [0.2, 0.25) is 0 Å². The van der Waals surface area contributed by atoms with E-state index in [0.29, 0.717) is 12.6 Å². The fraction of sp³-hybridized carbons (Fsp3) is 0.867. The summed E-state index contributed by atoms with van der Waals surface area (Å²) in [7, 11) is 0. The van der Waals surface area contributed by atoms with E-state index in [2.05, 4.69) is 21.7 Å². The van der Waals surface area contributed by atoms with Crippen molar-refractivity contribution >= 4 is 11.8 Å². The van der Waals surface area contributed by atoms with Gasteiger partial charge in [0, 0.05) is 12.3 Å². The van der Waals surface area contributed by atoms with E-state index in [9.17, 15) is 0 Å². The second-order valence-corrected chi connectivity index (χ2v) is 7.22. The molecule has 1 saturated carbocycles. The summed E-state index contributed by atoms with van der Waals surface area (Å²) >= 11 is 1.77. The normalized spacial score (nSPS) is 24.2. The van der Waals surface area contributed by atoms with Gasteiger partial charge in [0.15, 0.2) is 5.16 Å². The Morgan fingerprint density at radius 3 is 2.86 bits per heavy atom. The Bertz CT molecular complexity index is 470. The van der Waals surface area contributed by atoms with Crippen molar-refractivity contribution in [1.82, 2.24) is 14.8 Å². The molecule has 21 heavy (non-hydrogen) atoms. The second kappa shape index (κ2) is 6.67. The van der Waals surface area contributed by atoms with E-state index in [-0.39, 0.29) is 5.60 Å². The van der Waals surface area contributed by atoms with Crippen LogP contribution in [0.1, 0.15) is 57.7 Å². The summed E-state index contributed by atoms with van der Waals surface area (Å²) in [4.78, 5) is 0. The SMILES string of the molecule is CCCn1c(CN)nnc1SCC1CCC2(CCCC2)O1. The van der Waals surface area contributed by atoms with Crippen molar-refractivity contribution in [1.29, 1.82) is 0 Å². The van der Waals surface area contributed by atoms with Crippen LogP contribution in [0.3, 0.4) is 0 Å². The Morgan fingerprint density at radius 1 is 1.33 bits per heavy atom. The van der Waals surface area contributed by atoms with Crippen molar-refractivity contribution < 1.29 is 4.74 Å². The van der Waals surface area contributed by atoms with Gasteiger partial charge in [0.1, 0.15) is 5.82 Å².